The Morgan fingerprint density at radius 3 is 0.892 bits per heavy atom. The first-order valence-corrected chi connectivity index (χ1v) is 50.1. The number of hydrogen-bond acceptors (Lipinski definition) is 9. The van der Waals surface area contributed by atoms with Gasteiger partial charge in [0, 0.05) is 50.1 Å². The van der Waals surface area contributed by atoms with Gasteiger partial charge in [0.1, 0.15) is 0 Å². The lowest BCUT2D eigenvalue weighted by molar-refractivity contribution is 1.07. The summed E-state index contributed by atoms with van der Waals surface area (Å²) in [5.74, 6) is 5.86. The molecule has 26 aromatic carbocycles. The molecule has 0 atom stereocenters. The number of aromatic nitrogens is 9. The quantitative estimate of drug-likeness (QED) is 0.104. The third-order valence-electron chi connectivity index (χ3n) is 28.9. The van der Waals surface area contributed by atoms with Crippen molar-refractivity contribution in [3.05, 3.63) is 528 Å². The Morgan fingerprint density at radius 2 is 0.358 bits per heavy atom. The predicted octanol–water partition coefficient (Wildman–Crippen LogP) is 36.3. The van der Waals surface area contributed by atoms with Gasteiger partial charge in [-0.1, -0.05) is 497 Å². The summed E-state index contributed by atoms with van der Waals surface area (Å²) in [6.45, 7) is 0. The smallest absolute Gasteiger partial charge is 0.164 e. The van der Waals surface area contributed by atoms with Gasteiger partial charge in [-0.15, -0.1) is 0 Å². The van der Waals surface area contributed by atoms with Gasteiger partial charge in [-0.2, -0.15) is 0 Å². The van der Waals surface area contributed by atoms with Crippen molar-refractivity contribution in [2.45, 2.75) is 0 Å². The van der Waals surface area contributed by atoms with E-state index < -0.39 is 0 Å². The highest BCUT2D eigenvalue weighted by Crippen LogP contribution is 2.47. The zero-order valence-corrected chi connectivity index (χ0v) is 80.3. The predicted molar refractivity (Wildman–Crippen MR) is 618 cm³/mol. The van der Waals surface area contributed by atoms with E-state index in [9.17, 15) is 0 Å². The molecule has 0 aliphatic carbocycles. The van der Waals surface area contributed by atoms with E-state index in [1.54, 1.807) is 0 Å². The second-order valence-electron chi connectivity index (χ2n) is 37.7. The van der Waals surface area contributed by atoms with Crippen molar-refractivity contribution in [1.82, 2.24) is 44.9 Å². The maximum atomic E-state index is 5.07. The summed E-state index contributed by atoms with van der Waals surface area (Å²) in [5, 5.41) is 32.6. The first-order valence-electron chi connectivity index (χ1n) is 50.1. The minimum absolute atomic E-state index is 0.640. The van der Waals surface area contributed by atoms with Crippen LogP contribution < -0.4 is 0 Å². The highest BCUT2D eigenvalue weighted by molar-refractivity contribution is 6.30. The molecule has 3 heterocycles. The van der Waals surface area contributed by atoms with Crippen LogP contribution in [0.5, 0.6) is 0 Å². The van der Waals surface area contributed by atoms with Gasteiger partial charge in [0.25, 0.3) is 0 Å². The molecule has 0 aliphatic heterocycles. The normalized spacial score (nSPS) is 11.5. The van der Waals surface area contributed by atoms with Crippen molar-refractivity contribution < 1.29 is 0 Å². The van der Waals surface area contributed by atoms with Crippen LogP contribution in [-0.4, -0.2) is 44.9 Å². The number of rotatable bonds is 13. The number of fused-ring (bicyclic) bond motifs is 22. The van der Waals surface area contributed by atoms with E-state index in [-0.39, 0.29) is 0 Å². The average Bonchev–Trinajstić information content (AvgIpc) is 0.716. The zero-order valence-electron chi connectivity index (χ0n) is 80.3. The Kier molecular flexibility index (Phi) is 22.1. The Balaban J connectivity index is 0.000000110. The van der Waals surface area contributed by atoms with Crippen LogP contribution >= 0.6 is 0 Å². The molecule has 0 spiro atoms. The van der Waals surface area contributed by atoms with Gasteiger partial charge in [0.2, 0.25) is 0 Å². The second-order valence-corrected chi connectivity index (χ2v) is 37.7. The van der Waals surface area contributed by atoms with E-state index in [0.29, 0.717) is 52.4 Å². The molecule has 0 N–H and O–H groups in total. The van der Waals surface area contributed by atoms with Crippen LogP contribution in [0.3, 0.4) is 0 Å². The molecule has 29 rings (SSSR count). The fraction of sp³-hybridized carbons (Fsp3) is 0. The molecular formula is C139H87N9. The molecule has 0 radical (unpaired) electrons. The van der Waals surface area contributed by atoms with Gasteiger partial charge in [-0.05, 0) is 215 Å². The van der Waals surface area contributed by atoms with Gasteiger partial charge in [-0.3, -0.25) is 0 Å². The highest BCUT2D eigenvalue weighted by Gasteiger charge is 2.23. The van der Waals surface area contributed by atoms with E-state index in [4.69, 9.17) is 44.9 Å². The second kappa shape index (κ2) is 37.5. The maximum absolute atomic E-state index is 5.07. The molecule has 688 valence electrons. The van der Waals surface area contributed by atoms with E-state index in [1.165, 1.54) is 146 Å². The van der Waals surface area contributed by atoms with E-state index >= 15 is 0 Å². The summed E-state index contributed by atoms with van der Waals surface area (Å²) in [7, 11) is 0. The fourth-order valence-corrected chi connectivity index (χ4v) is 21.6. The Morgan fingerprint density at radius 1 is 0.0878 bits per heavy atom. The number of nitrogens with zero attached hydrogens (tertiary/aromatic N) is 9. The SMILES string of the molecule is c1ccc(-c2cccc(-c3nc(-c4ccccc4)nc(-c4ccc(-c5cc6c(ccc7ccc8ccccc8c76)c6ccccc56)cc4)n3)c2)cc1.c1ccc(-c2nc(-c3ccc(-c4cc5ccccc5c5c4ccc4c6ccccc6ccc45)cc3)nc(-c3ccc4ccccc4c3)n2)cc1.c1ccc(-c2nc(-c3ccccc3)nc(-c3ccccc3-c3ccc4c(ccc5ccc6c7ccccc7ccc6c54)c3)n2)cc1. The van der Waals surface area contributed by atoms with Gasteiger partial charge < -0.3 is 0 Å². The summed E-state index contributed by atoms with van der Waals surface area (Å²) < 4.78 is 0. The monoisotopic (exact) mass is 1880 g/mol. The Bertz CT molecular complexity index is 10200. The molecule has 9 nitrogen and oxygen atoms in total. The lowest BCUT2D eigenvalue weighted by Gasteiger charge is -2.15. The molecule has 3 aromatic heterocycles. The first-order chi connectivity index (χ1) is 73.3. The van der Waals surface area contributed by atoms with Crippen LogP contribution in [-0.2, 0) is 0 Å². The van der Waals surface area contributed by atoms with Gasteiger partial charge in [-0.25, -0.2) is 44.9 Å². The summed E-state index contributed by atoms with van der Waals surface area (Å²) in [5.41, 5.74) is 17.8. The first kappa shape index (κ1) is 87.2. The molecule has 0 bridgehead atoms. The molecule has 0 saturated heterocycles. The van der Waals surface area contributed by atoms with Crippen LogP contribution in [0, 0.1) is 0 Å². The van der Waals surface area contributed by atoms with Gasteiger partial charge >= 0.3 is 0 Å². The summed E-state index contributed by atoms with van der Waals surface area (Å²) >= 11 is 0. The van der Waals surface area contributed by atoms with Crippen molar-refractivity contribution in [1.29, 1.82) is 0 Å². The Labute approximate surface area is 853 Å². The zero-order chi connectivity index (χ0) is 97.9. The third kappa shape index (κ3) is 16.3. The lowest BCUT2D eigenvalue weighted by atomic mass is 9.89. The van der Waals surface area contributed by atoms with Crippen molar-refractivity contribution in [3.63, 3.8) is 0 Å². The molecule has 0 saturated carbocycles. The van der Waals surface area contributed by atoms with Crippen molar-refractivity contribution >= 4 is 140 Å². The molecule has 0 unspecified atom stereocenters. The van der Waals surface area contributed by atoms with E-state index in [2.05, 4.69) is 400 Å². The average molecular weight is 1880 g/mol. The van der Waals surface area contributed by atoms with Crippen molar-refractivity contribution in [2.75, 3.05) is 0 Å². The molecule has 29 aromatic rings. The molecule has 148 heavy (non-hydrogen) atoms. The topological polar surface area (TPSA) is 116 Å². The van der Waals surface area contributed by atoms with Gasteiger partial charge in [0.05, 0.1) is 0 Å². The highest BCUT2D eigenvalue weighted by atomic mass is 15.1. The minimum atomic E-state index is 0.640. The van der Waals surface area contributed by atoms with Crippen LogP contribution in [0.4, 0.5) is 0 Å². The van der Waals surface area contributed by atoms with Crippen molar-refractivity contribution in [3.8, 4) is 147 Å². The molecule has 0 aliphatic rings. The molecule has 0 amide bonds. The van der Waals surface area contributed by atoms with Crippen LogP contribution in [0.15, 0.2) is 528 Å². The fourth-order valence-electron chi connectivity index (χ4n) is 21.6. The molecule has 0 fully saturated rings. The lowest BCUT2D eigenvalue weighted by Crippen LogP contribution is -2.01. The maximum Gasteiger partial charge on any atom is 0.164 e. The third-order valence-corrected chi connectivity index (χ3v) is 28.9. The summed E-state index contributed by atoms with van der Waals surface area (Å²) in [6.07, 6.45) is 0. The van der Waals surface area contributed by atoms with Gasteiger partial charge in [0.15, 0.2) is 52.4 Å². The molecular weight excluding hydrogens is 1800 g/mol. The summed E-state index contributed by atoms with van der Waals surface area (Å²) in [6, 6.07) is 186. The summed E-state index contributed by atoms with van der Waals surface area (Å²) in [4.78, 5) is 45.0. The van der Waals surface area contributed by atoms with Crippen LogP contribution in [0.2, 0.25) is 0 Å². The largest absolute Gasteiger partial charge is 0.208 e. The van der Waals surface area contributed by atoms with E-state index in [1.807, 2.05) is 127 Å². The molecule has 9 heteroatoms. The van der Waals surface area contributed by atoms with E-state index in [0.717, 1.165) is 88.8 Å². The van der Waals surface area contributed by atoms with Crippen LogP contribution in [0.1, 0.15) is 0 Å². The van der Waals surface area contributed by atoms with Crippen molar-refractivity contribution in [2.24, 2.45) is 0 Å². The Hall–Kier alpha value is -19.9. The number of hydrogen-bond donors (Lipinski definition) is 0. The van der Waals surface area contributed by atoms with Crippen LogP contribution in [0.25, 0.3) is 287 Å². The standard InChI is InChI=1S/C49H31N3.C47H29N3.C43H27N3/c1-3-12-32(13-4-1)38-17-11-18-39(30-38)49-51-47(36-15-5-2-6-16-36)50-48(52-49)37-26-23-34(24-27-37)44-31-45-43(41-20-9-10-21-42(41)44)29-28-35-25-22-33-14-7-8-19-40(33)46(35)45;1-2-12-33(13-3-1)45-48-46(50-47(49-45)37-23-18-30-10-4-5-14-35(30)28-37)34-21-19-32(20-22-34)43-29-36-15-7-9-17-39(36)44-41-25-24-31-11-6-8-16-38(31)40(41)26-27-42(43)44;1-3-12-30(13-4-1)41-44-42(31-14-5-2-6-15-31)46-43(45-41)39-18-10-9-17-35(39)32-23-24-36-33(27-32)20-19-29-22-25-37-34-16-8-7-11-28(34)21-26-38(37)40(29)36/h1-31H;1-29H;1-27H. The number of benzene rings is 26. The minimum Gasteiger partial charge on any atom is -0.208 e.